The lowest BCUT2D eigenvalue weighted by molar-refractivity contribution is -0.441. The van der Waals surface area contributed by atoms with Gasteiger partial charge in [-0.25, -0.2) is 22.0 Å². The summed E-state index contributed by atoms with van der Waals surface area (Å²) in [5.74, 6) is -12.2. The van der Waals surface area contributed by atoms with Gasteiger partial charge in [0.05, 0.1) is 22.1 Å². The molecule has 0 spiro atoms. The van der Waals surface area contributed by atoms with Crippen LogP contribution in [0.3, 0.4) is 0 Å². The molecule has 0 fully saturated rings. The van der Waals surface area contributed by atoms with Crippen molar-refractivity contribution in [3.8, 4) is 0 Å². The van der Waals surface area contributed by atoms with Gasteiger partial charge in [-0.3, -0.25) is 4.55 Å². The second-order valence-electron chi connectivity index (χ2n) is 7.71. The fourth-order valence-electron chi connectivity index (χ4n) is 3.90. The van der Waals surface area contributed by atoms with Crippen molar-refractivity contribution in [1.29, 1.82) is 0 Å². The molecule has 0 saturated carbocycles. The molecule has 0 saturated heterocycles. The van der Waals surface area contributed by atoms with Crippen LogP contribution in [0.25, 0.3) is 10.8 Å². The smallest absolute Gasteiger partial charge is 0.264 e. The number of nitrogens with zero attached hydrogens (tertiary/aromatic N) is 1. The molecule has 1 N–H and O–H groups in total. The Labute approximate surface area is 168 Å². The highest BCUT2D eigenvalue weighted by molar-refractivity contribution is 7.85. The van der Waals surface area contributed by atoms with Gasteiger partial charge in [0, 0.05) is 18.7 Å². The molecule has 11 heteroatoms. The first-order chi connectivity index (χ1) is 13.7. The van der Waals surface area contributed by atoms with E-state index in [0.29, 0.717) is 5.71 Å². The van der Waals surface area contributed by atoms with E-state index in [1.54, 1.807) is 0 Å². The second kappa shape index (κ2) is 7.23. The summed E-state index contributed by atoms with van der Waals surface area (Å²) < 4.78 is 118. The van der Waals surface area contributed by atoms with E-state index in [9.17, 15) is 34.8 Å². The molecule has 2 aromatic rings. The maximum Gasteiger partial charge on any atom is 0.264 e. The van der Waals surface area contributed by atoms with Crippen molar-refractivity contribution >= 4 is 32.3 Å². The Morgan fingerprint density at radius 2 is 1.33 bits per heavy atom. The minimum absolute atomic E-state index is 0.00110. The van der Waals surface area contributed by atoms with E-state index in [2.05, 4.69) is 0 Å². The van der Waals surface area contributed by atoms with Crippen LogP contribution in [0.2, 0.25) is 0 Å². The molecule has 0 radical (unpaired) electrons. The first-order valence-electron chi connectivity index (χ1n) is 8.95. The number of fused-ring (bicyclic) bond motifs is 3. The molecule has 0 atom stereocenters. The minimum Gasteiger partial charge on any atom is -0.286 e. The van der Waals surface area contributed by atoms with Crippen molar-refractivity contribution in [2.75, 3.05) is 12.3 Å². The summed E-state index contributed by atoms with van der Waals surface area (Å²) in [5.41, 5.74) is -1.50. The molecule has 2 aromatic carbocycles. The van der Waals surface area contributed by atoms with Gasteiger partial charge < -0.3 is 0 Å². The van der Waals surface area contributed by atoms with E-state index in [4.69, 9.17) is 4.55 Å². The van der Waals surface area contributed by atoms with Gasteiger partial charge in [-0.1, -0.05) is 0 Å². The van der Waals surface area contributed by atoms with Gasteiger partial charge in [0.25, 0.3) is 10.1 Å². The fraction of sp³-hybridized carbons (Fsp3) is 0.421. The topological polar surface area (TPSA) is 57.4 Å². The van der Waals surface area contributed by atoms with Crippen LogP contribution in [0.15, 0.2) is 0 Å². The van der Waals surface area contributed by atoms with E-state index < -0.39 is 72.6 Å². The van der Waals surface area contributed by atoms with Gasteiger partial charge in [0.15, 0.2) is 34.8 Å². The van der Waals surface area contributed by atoms with Crippen LogP contribution in [-0.2, 0) is 15.5 Å². The zero-order chi connectivity index (χ0) is 22.8. The van der Waals surface area contributed by atoms with Crippen LogP contribution >= 0.6 is 0 Å². The van der Waals surface area contributed by atoms with E-state index in [0.717, 1.165) is 0 Å². The Bertz CT molecular complexity index is 1220. The fourth-order valence-corrected chi connectivity index (χ4v) is 4.47. The number of halogens is 6. The predicted octanol–water partition coefficient (Wildman–Crippen LogP) is 4.74. The van der Waals surface area contributed by atoms with Crippen molar-refractivity contribution in [2.45, 2.75) is 39.0 Å². The molecule has 30 heavy (non-hydrogen) atoms. The Morgan fingerprint density at radius 1 is 0.833 bits per heavy atom. The predicted molar refractivity (Wildman–Crippen MR) is 97.8 cm³/mol. The molecule has 1 aliphatic heterocycles. The molecule has 1 heterocycles. The molecule has 0 bridgehead atoms. The van der Waals surface area contributed by atoms with Gasteiger partial charge in [-0.15, -0.1) is 0 Å². The number of unbranched alkanes of at least 4 members (excludes halogenated alkanes) is 1. The molecule has 0 amide bonds. The first-order valence-corrected chi connectivity index (χ1v) is 10.6. The molecule has 164 valence electrons. The van der Waals surface area contributed by atoms with Crippen LogP contribution in [0.5, 0.6) is 0 Å². The summed E-state index contributed by atoms with van der Waals surface area (Å²) in [6.45, 7) is 4.51. The lowest BCUT2D eigenvalue weighted by atomic mass is 9.79. The van der Waals surface area contributed by atoms with E-state index in [1.165, 1.54) is 25.3 Å². The highest BCUT2D eigenvalue weighted by Gasteiger charge is 2.49. The third-order valence-electron chi connectivity index (χ3n) is 5.61. The SMILES string of the molecule is CC1=[N+](CCCCS(=O)(=O)O)c2c(F)c(F)c3c(F)c(F)c(F)c(F)c3c2C1(C)C. The second-order valence-corrected chi connectivity index (χ2v) is 9.28. The van der Waals surface area contributed by atoms with Gasteiger partial charge in [-0.05, 0) is 20.3 Å². The number of benzene rings is 2. The van der Waals surface area contributed by atoms with Crippen LogP contribution in [0.1, 0.15) is 39.2 Å². The van der Waals surface area contributed by atoms with Gasteiger partial charge >= 0.3 is 0 Å². The normalized spacial score (nSPS) is 15.9. The molecule has 0 unspecified atom stereocenters. The van der Waals surface area contributed by atoms with Crippen molar-refractivity contribution in [3.63, 3.8) is 0 Å². The van der Waals surface area contributed by atoms with Gasteiger partial charge in [0.2, 0.25) is 11.5 Å². The van der Waals surface area contributed by atoms with Gasteiger partial charge in [0.1, 0.15) is 6.54 Å². The molecule has 3 rings (SSSR count). The highest BCUT2D eigenvalue weighted by atomic mass is 32.2. The summed E-state index contributed by atoms with van der Waals surface area (Å²) in [7, 11) is -4.21. The van der Waals surface area contributed by atoms with Crippen LogP contribution in [0, 0.1) is 34.9 Å². The summed E-state index contributed by atoms with van der Waals surface area (Å²) in [5, 5.41) is -2.19. The zero-order valence-electron chi connectivity index (χ0n) is 16.2. The Hall–Kier alpha value is -2.14. The third kappa shape index (κ3) is 3.27. The maximum absolute atomic E-state index is 15.0. The Balaban J connectivity index is 2.27. The quantitative estimate of drug-likeness (QED) is 0.177. The van der Waals surface area contributed by atoms with Gasteiger partial charge in [-0.2, -0.15) is 17.4 Å². The third-order valence-corrected chi connectivity index (χ3v) is 6.42. The number of rotatable bonds is 5. The lowest BCUT2D eigenvalue weighted by Crippen LogP contribution is -2.27. The van der Waals surface area contributed by atoms with E-state index in [1.807, 2.05) is 0 Å². The summed E-state index contributed by atoms with van der Waals surface area (Å²) in [4.78, 5) is 0. The highest BCUT2D eigenvalue weighted by Crippen LogP contribution is 2.48. The van der Waals surface area contributed by atoms with E-state index in [-0.39, 0.29) is 24.9 Å². The average molecular weight is 454 g/mol. The monoisotopic (exact) mass is 454 g/mol. The summed E-state index contributed by atoms with van der Waals surface area (Å²) in [6.07, 6.45) is 0.124. The zero-order valence-corrected chi connectivity index (χ0v) is 17.0. The molecule has 1 aliphatic rings. The van der Waals surface area contributed by atoms with Crippen LogP contribution in [0.4, 0.5) is 32.0 Å². The Kier molecular flexibility index (Phi) is 5.43. The molecule has 0 aliphatic carbocycles. The molecular weight excluding hydrogens is 436 g/mol. The molecule has 0 aromatic heterocycles. The minimum atomic E-state index is -4.21. The maximum atomic E-state index is 15.0. The van der Waals surface area contributed by atoms with Crippen molar-refractivity contribution in [3.05, 3.63) is 40.5 Å². The van der Waals surface area contributed by atoms with Crippen molar-refractivity contribution < 1.29 is 43.9 Å². The lowest BCUT2D eigenvalue weighted by Gasteiger charge is -2.18. The van der Waals surface area contributed by atoms with Crippen LogP contribution in [-0.4, -0.2) is 35.6 Å². The first kappa shape index (κ1) is 22.5. The molecular formula is C19H18F6NO3S+. The summed E-state index contributed by atoms with van der Waals surface area (Å²) >= 11 is 0. The number of hydrogen-bond acceptors (Lipinski definition) is 2. The largest absolute Gasteiger partial charge is 0.286 e. The molecule has 4 nitrogen and oxygen atoms in total. The van der Waals surface area contributed by atoms with Crippen LogP contribution < -0.4 is 0 Å². The standard InChI is InChI=1S/C19H17F6NO3S/c1-8-19(2,3)11-9-10(13(21)16(24)15(23)12(9)20)14(22)17(25)18(11)26(8)6-4-5-7-30(27,28)29/h4-7H2,1-3H3/p+1. The summed E-state index contributed by atoms with van der Waals surface area (Å²) in [6, 6.07) is 0. The van der Waals surface area contributed by atoms with E-state index >= 15 is 0 Å². The van der Waals surface area contributed by atoms with Crippen molar-refractivity contribution in [1.82, 2.24) is 0 Å². The van der Waals surface area contributed by atoms with Crippen molar-refractivity contribution in [2.24, 2.45) is 0 Å². The Morgan fingerprint density at radius 3 is 1.87 bits per heavy atom. The number of hydrogen-bond donors (Lipinski definition) is 1. The average Bonchev–Trinajstić information content (AvgIpc) is 2.84.